The lowest BCUT2D eigenvalue weighted by atomic mass is 10.1. The number of nitrogens with zero attached hydrogens (tertiary/aromatic N) is 2. The lowest BCUT2D eigenvalue weighted by molar-refractivity contribution is -0.139. The molecule has 3 rings (SSSR count). The van der Waals surface area contributed by atoms with Crippen LogP contribution in [0.25, 0.3) is 0 Å². The molecule has 220 valence electrons. The maximum absolute atomic E-state index is 14.1. The molecule has 0 unspecified atom stereocenters. The van der Waals surface area contributed by atoms with E-state index in [-0.39, 0.29) is 34.8 Å². The average Bonchev–Trinajstić information content (AvgIpc) is 2.98. The number of rotatable bonds is 13. The number of ether oxygens (including phenoxy) is 2. The van der Waals surface area contributed by atoms with Gasteiger partial charge in [-0.05, 0) is 57.0 Å². The fourth-order valence-electron chi connectivity index (χ4n) is 4.28. The van der Waals surface area contributed by atoms with Crippen molar-refractivity contribution >= 4 is 27.5 Å². The van der Waals surface area contributed by atoms with E-state index in [4.69, 9.17) is 9.47 Å². The van der Waals surface area contributed by atoms with Crippen LogP contribution in [0.4, 0.5) is 5.69 Å². The van der Waals surface area contributed by atoms with E-state index in [0.29, 0.717) is 5.75 Å². The predicted octanol–water partition coefficient (Wildman–Crippen LogP) is 4.54. The van der Waals surface area contributed by atoms with Gasteiger partial charge in [0.15, 0.2) is 0 Å². The Kier molecular flexibility index (Phi) is 10.8. The molecule has 10 heteroatoms. The van der Waals surface area contributed by atoms with E-state index >= 15 is 0 Å². The van der Waals surface area contributed by atoms with Crippen LogP contribution in [0, 0.1) is 6.92 Å². The van der Waals surface area contributed by atoms with Gasteiger partial charge in [0, 0.05) is 18.7 Å². The summed E-state index contributed by atoms with van der Waals surface area (Å²) in [5.74, 6) is -0.246. The predicted molar refractivity (Wildman–Crippen MR) is 160 cm³/mol. The van der Waals surface area contributed by atoms with Crippen LogP contribution < -0.4 is 19.1 Å². The third kappa shape index (κ3) is 7.79. The summed E-state index contributed by atoms with van der Waals surface area (Å²) < 4.78 is 39.9. The fraction of sp³-hybridized carbons (Fsp3) is 0.355. The van der Waals surface area contributed by atoms with Gasteiger partial charge in [-0.25, -0.2) is 8.42 Å². The Balaban J connectivity index is 2.10. The van der Waals surface area contributed by atoms with Crippen molar-refractivity contribution < 1.29 is 27.5 Å². The van der Waals surface area contributed by atoms with Crippen molar-refractivity contribution in [3.8, 4) is 11.5 Å². The number of hydrogen-bond donors (Lipinski definition) is 1. The van der Waals surface area contributed by atoms with Crippen LogP contribution in [0.3, 0.4) is 0 Å². The highest BCUT2D eigenvalue weighted by molar-refractivity contribution is 7.92. The van der Waals surface area contributed by atoms with E-state index in [1.807, 2.05) is 45.0 Å². The van der Waals surface area contributed by atoms with Crippen molar-refractivity contribution in [1.82, 2.24) is 10.2 Å². The van der Waals surface area contributed by atoms with Gasteiger partial charge in [-0.3, -0.25) is 13.9 Å². The minimum absolute atomic E-state index is 0.00506. The molecule has 0 bridgehead atoms. The van der Waals surface area contributed by atoms with Gasteiger partial charge in [0.25, 0.3) is 10.0 Å². The number of nitrogens with one attached hydrogen (secondary N) is 1. The highest BCUT2D eigenvalue weighted by atomic mass is 32.2. The SMILES string of the molecule is CC[C@H](C)NC(=O)[C@@H](C)N(Cc1cccc(C)c1)C(=O)CN(c1cc(OC)ccc1OC)S(=O)(=O)c1ccccc1. The van der Waals surface area contributed by atoms with E-state index in [9.17, 15) is 18.0 Å². The summed E-state index contributed by atoms with van der Waals surface area (Å²) in [7, 11) is -1.35. The third-order valence-electron chi connectivity index (χ3n) is 6.87. The second kappa shape index (κ2) is 14.0. The lowest BCUT2D eigenvalue weighted by Crippen LogP contribution is -2.52. The summed E-state index contributed by atoms with van der Waals surface area (Å²) in [5, 5.41) is 2.94. The first-order valence-corrected chi connectivity index (χ1v) is 14.9. The second-order valence-electron chi connectivity index (χ2n) is 9.87. The van der Waals surface area contributed by atoms with Crippen molar-refractivity contribution in [1.29, 1.82) is 0 Å². The number of hydrogen-bond acceptors (Lipinski definition) is 6. The molecule has 0 radical (unpaired) electrons. The second-order valence-corrected chi connectivity index (χ2v) is 11.7. The first-order valence-electron chi connectivity index (χ1n) is 13.5. The zero-order valence-corrected chi connectivity index (χ0v) is 25.3. The van der Waals surface area contributed by atoms with Gasteiger partial charge in [0.05, 0.1) is 24.8 Å². The summed E-state index contributed by atoms with van der Waals surface area (Å²) in [6, 6.07) is 19.3. The van der Waals surface area contributed by atoms with Crippen molar-refractivity contribution in [3.63, 3.8) is 0 Å². The van der Waals surface area contributed by atoms with Gasteiger partial charge in [0.1, 0.15) is 24.1 Å². The van der Waals surface area contributed by atoms with E-state index in [0.717, 1.165) is 21.9 Å². The zero-order chi connectivity index (χ0) is 30.2. The van der Waals surface area contributed by atoms with Crippen molar-refractivity contribution in [2.75, 3.05) is 25.1 Å². The van der Waals surface area contributed by atoms with Crippen LogP contribution in [0.15, 0.2) is 77.7 Å². The summed E-state index contributed by atoms with van der Waals surface area (Å²) in [5.41, 5.74) is 1.95. The molecule has 0 saturated heterocycles. The third-order valence-corrected chi connectivity index (χ3v) is 8.64. The first kappa shape index (κ1) is 31.5. The largest absolute Gasteiger partial charge is 0.497 e. The van der Waals surface area contributed by atoms with E-state index < -0.39 is 28.5 Å². The Bertz CT molecular complexity index is 1450. The molecule has 0 aromatic heterocycles. The monoisotopic (exact) mass is 581 g/mol. The fourth-order valence-corrected chi connectivity index (χ4v) is 5.72. The minimum atomic E-state index is -4.24. The number of carbonyl (C=O) groups is 2. The number of methoxy groups -OCH3 is 2. The van der Waals surface area contributed by atoms with Gasteiger partial charge in [-0.1, -0.05) is 55.0 Å². The Morgan fingerprint density at radius 3 is 2.24 bits per heavy atom. The Hall–Kier alpha value is -4.05. The molecule has 0 saturated carbocycles. The van der Waals surface area contributed by atoms with Crippen LogP contribution in [0.5, 0.6) is 11.5 Å². The number of sulfonamides is 1. The molecule has 0 aliphatic heterocycles. The highest BCUT2D eigenvalue weighted by Gasteiger charge is 2.34. The standard InChI is InChI=1S/C31H39N3O6S/c1-7-23(3)32-31(36)24(4)33(20-25-13-11-12-22(2)18-25)30(35)21-34(41(37,38)27-14-9-8-10-15-27)28-19-26(39-5)16-17-29(28)40-6/h8-19,23-24H,7,20-21H2,1-6H3,(H,32,36)/t23-,24+/m0/s1. The summed E-state index contributed by atoms with van der Waals surface area (Å²) in [6.07, 6.45) is 0.725. The maximum atomic E-state index is 14.1. The summed E-state index contributed by atoms with van der Waals surface area (Å²) in [4.78, 5) is 28.7. The summed E-state index contributed by atoms with van der Waals surface area (Å²) >= 11 is 0. The number of carbonyl (C=O) groups excluding carboxylic acids is 2. The molecular weight excluding hydrogens is 542 g/mol. The number of amides is 2. The van der Waals surface area contributed by atoms with Gasteiger partial charge in [-0.15, -0.1) is 0 Å². The van der Waals surface area contributed by atoms with Gasteiger partial charge in [0.2, 0.25) is 11.8 Å². The minimum Gasteiger partial charge on any atom is -0.497 e. The number of aryl methyl sites for hydroxylation is 1. The van der Waals surface area contributed by atoms with Gasteiger partial charge in [-0.2, -0.15) is 0 Å². The molecule has 1 N–H and O–H groups in total. The molecule has 3 aromatic rings. The van der Waals surface area contributed by atoms with Crippen molar-refractivity contribution in [2.45, 2.75) is 57.6 Å². The zero-order valence-electron chi connectivity index (χ0n) is 24.5. The smallest absolute Gasteiger partial charge is 0.264 e. The molecule has 3 aromatic carbocycles. The molecule has 0 aliphatic rings. The molecule has 0 aliphatic carbocycles. The molecule has 2 amide bonds. The van der Waals surface area contributed by atoms with E-state index in [1.54, 1.807) is 37.3 Å². The molecule has 2 atom stereocenters. The Labute approximate surface area is 243 Å². The molecule has 41 heavy (non-hydrogen) atoms. The van der Waals surface area contributed by atoms with Crippen LogP contribution >= 0.6 is 0 Å². The number of benzene rings is 3. The quantitative estimate of drug-likeness (QED) is 0.318. The number of anilines is 1. The average molecular weight is 582 g/mol. The van der Waals surface area contributed by atoms with Crippen LogP contribution in [0.1, 0.15) is 38.3 Å². The van der Waals surface area contributed by atoms with Crippen LogP contribution in [-0.4, -0.2) is 58.0 Å². The Morgan fingerprint density at radius 2 is 1.63 bits per heavy atom. The summed E-state index contributed by atoms with van der Waals surface area (Å²) in [6.45, 7) is 6.98. The molecule has 0 heterocycles. The van der Waals surface area contributed by atoms with E-state index in [2.05, 4.69) is 5.32 Å². The normalized spacial score (nSPS) is 12.6. The molecule has 0 fully saturated rings. The van der Waals surface area contributed by atoms with Crippen molar-refractivity contribution in [2.24, 2.45) is 0 Å². The molecule has 9 nitrogen and oxygen atoms in total. The topological polar surface area (TPSA) is 105 Å². The first-order chi connectivity index (χ1) is 19.5. The van der Waals surface area contributed by atoms with Crippen molar-refractivity contribution in [3.05, 3.63) is 83.9 Å². The van der Waals surface area contributed by atoms with E-state index in [1.165, 1.54) is 37.3 Å². The molecular formula is C31H39N3O6S. The van der Waals surface area contributed by atoms with Gasteiger partial charge < -0.3 is 19.7 Å². The van der Waals surface area contributed by atoms with Crippen LogP contribution in [0.2, 0.25) is 0 Å². The van der Waals surface area contributed by atoms with Crippen LogP contribution in [-0.2, 0) is 26.2 Å². The molecule has 0 spiro atoms. The highest BCUT2D eigenvalue weighted by Crippen LogP contribution is 2.36. The Morgan fingerprint density at radius 1 is 0.927 bits per heavy atom. The van der Waals surface area contributed by atoms with Gasteiger partial charge >= 0.3 is 0 Å². The lowest BCUT2D eigenvalue weighted by Gasteiger charge is -2.33. The maximum Gasteiger partial charge on any atom is 0.264 e.